The highest BCUT2D eigenvalue weighted by Crippen LogP contribution is 2.21. The van der Waals surface area contributed by atoms with Gasteiger partial charge in [-0.3, -0.25) is 0 Å². The van der Waals surface area contributed by atoms with Crippen LogP contribution in [0.4, 0.5) is 16.3 Å². The molecular formula is C20H25N5O3. The fourth-order valence-corrected chi connectivity index (χ4v) is 2.50. The van der Waals surface area contributed by atoms with Gasteiger partial charge in [0.2, 0.25) is 0 Å². The first-order valence-corrected chi connectivity index (χ1v) is 9.16. The third-order valence-electron chi connectivity index (χ3n) is 3.71. The minimum absolute atomic E-state index is 0.412. The monoisotopic (exact) mass is 383 g/mol. The molecule has 148 valence electrons. The number of carbonyl (C=O) groups excluding carboxylic acids is 1. The summed E-state index contributed by atoms with van der Waals surface area (Å²) in [6, 6.07) is 11.5. The van der Waals surface area contributed by atoms with Gasteiger partial charge in [0.25, 0.3) is 0 Å². The molecule has 1 amide bonds. The Balaban J connectivity index is 1.42. The number of fused-ring (bicyclic) bond motifs is 1. The summed E-state index contributed by atoms with van der Waals surface area (Å²) in [5.41, 5.74) is 1.32. The van der Waals surface area contributed by atoms with E-state index in [-0.39, 0.29) is 0 Å². The average Bonchev–Trinajstić information content (AvgIpc) is 3.11. The van der Waals surface area contributed by atoms with E-state index in [1.54, 1.807) is 4.52 Å². The third kappa shape index (κ3) is 5.60. The molecule has 0 saturated carbocycles. The van der Waals surface area contributed by atoms with Crippen molar-refractivity contribution in [2.24, 2.45) is 0 Å². The van der Waals surface area contributed by atoms with E-state index in [0.717, 1.165) is 22.8 Å². The first kappa shape index (κ1) is 19.5. The van der Waals surface area contributed by atoms with E-state index >= 15 is 0 Å². The predicted octanol–water partition coefficient (Wildman–Crippen LogP) is 3.77. The Bertz CT molecular complexity index is 915. The molecular weight excluding hydrogens is 358 g/mol. The predicted molar refractivity (Wildman–Crippen MR) is 107 cm³/mol. The number of carbonyl (C=O) groups is 1. The zero-order valence-electron chi connectivity index (χ0n) is 16.3. The van der Waals surface area contributed by atoms with Crippen molar-refractivity contribution in [3.8, 4) is 5.75 Å². The molecule has 2 N–H and O–H groups in total. The van der Waals surface area contributed by atoms with Crippen LogP contribution in [-0.4, -0.2) is 39.4 Å². The van der Waals surface area contributed by atoms with Gasteiger partial charge < -0.3 is 20.1 Å². The van der Waals surface area contributed by atoms with Crippen LogP contribution in [0.5, 0.6) is 5.75 Å². The standard InChI is InChI=1S/C20H25N5O3/c1-20(2,3)28-19(26)21-11-5-13-27-16-9-7-15(8-10-16)24-18-17-6-4-12-25(17)23-14-22-18/h4,6-10,12,14H,5,11,13H2,1-3H3,(H,21,26)(H,22,23,24). The highest BCUT2D eigenvalue weighted by atomic mass is 16.6. The van der Waals surface area contributed by atoms with Gasteiger partial charge in [0.05, 0.1) is 6.61 Å². The number of anilines is 2. The van der Waals surface area contributed by atoms with E-state index < -0.39 is 11.7 Å². The zero-order chi connectivity index (χ0) is 20.0. The maximum atomic E-state index is 11.6. The first-order chi connectivity index (χ1) is 13.4. The van der Waals surface area contributed by atoms with E-state index in [4.69, 9.17) is 9.47 Å². The number of hydrogen-bond donors (Lipinski definition) is 2. The third-order valence-corrected chi connectivity index (χ3v) is 3.71. The van der Waals surface area contributed by atoms with Gasteiger partial charge in [0.15, 0.2) is 5.82 Å². The van der Waals surface area contributed by atoms with Gasteiger partial charge in [0.1, 0.15) is 23.2 Å². The lowest BCUT2D eigenvalue weighted by molar-refractivity contribution is 0.0525. The highest BCUT2D eigenvalue weighted by molar-refractivity contribution is 5.73. The Kier molecular flexibility index (Phi) is 5.98. The van der Waals surface area contributed by atoms with Crippen molar-refractivity contribution >= 4 is 23.1 Å². The van der Waals surface area contributed by atoms with Gasteiger partial charge in [-0.2, -0.15) is 5.10 Å². The smallest absolute Gasteiger partial charge is 0.407 e. The molecule has 0 fully saturated rings. The molecule has 0 atom stereocenters. The van der Waals surface area contributed by atoms with Crippen molar-refractivity contribution in [1.82, 2.24) is 19.9 Å². The Labute approximate surface area is 163 Å². The Morgan fingerprint density at radius 2 is 1.96 bits per heavy atom. The molecule has 0 saturated heterocycles. The Morgan fingerprint density at radius 3 is 2.71 bits per heavy atom. The van der Waals surface area contributed by atoms with E-state index in [1.807, 2.05) is 63.4 Å². The number of alkyl carbamates (subject to hydrolysis) is 1. The summed E-state index contributed by atoms with van der Waals surface area (Å²) in [4.78, 5) is 15.8. The quantitative estimate of drug-likeness (QED) is 0.604. The van der Waals surface area contributed by atoms with E-state index in [9.17, 15) is 4.79 Å². The number of ether oxygens (including phenoxy) is 2. The molecule has 0 aliphatic carbocycles. The fourth-order valence-electron chi connectivity index (χ4n) is 2.50. The molecule has 28 heavy (non-hydrogen) atoms. The van der Waals surface area contributed by atoms with Crippen molar-refractivity contribution in [1.29, 1.82) is 0 Å². The van der Waals surface area contributed by atoms with Crippen molar-refractivity contribution in [2.45, 2.75) is 32.8 Å². The van der Waals surface area contributed by atoms with Crippen LogP contribution < -0.4 is 15.4 Å². The van der Waals surface area contributed by atoms with Gasteiger partial charge >= 0.3 is 6.09 Å². The summed E-state index contributed by atoms with van der Waals surface area (Å²) < 4.78 is 12.6. The molecule has 8 heteroatoms. The van der Waals surface area contributed by atoms with Crippen LogP contribution in [0, 0.1) is 0 Å². The molecule has 3 aromatic rings. The maximum absolute atomic E-state index is 11.6. The first-order valence-electron chi connectivity index (χ1n) is 9.16. The second-order valence-electron chi connectivity index (χ2n) is 7.23. The van der Waals surface area contributed by atoms with Gasteiger partial charge in [-0.05, 0) is 63.6 Å². The molecule has 2 aromatic heterocycles. The molecule has 0 aliphatic heterocycles. The number of nitrogens with zero attached hydrogens (tertiary/aromatic N) is 3. The molecule has 0 aliphatic rings. The lowest BCUT2D eigenvalue weighted by Gasteiger charge is -2.19. The topological polar surface area (TPSA) is 89.8 Å². The van der Waals surface area contributed by atoms with E-state index in [1.165, 1.54) is 6.33 Å². The lowest BCUT2D eigenvalue weighted by atomic mass is 10.2. The molecule has 0 spiro atoms. The van der Waals surface area contributed by atoms with Gasteiger partial charge in [-0.25, -0.2) is 14.3 Å². The van der Waals surface area contributed by atoms with Crippen LogP contribution in [-0.2, 0) is 4.74 Å². The molecule has 0 unspecified atom stereocenters. The minimum Gasteiger partial charge on any atom is -0.494 e. The van der Waals surface area contributed by atoms with Crippen LogP contribution in [0.3, 0.4) is 0 Å². The summed E-state index contributed by atoms with van der Waals surface area (Å²) >= 11 is 0. The molecule has 8 nitrogen and oxygen atoms in total. The summed E-state index contributed by atoms with van der Waals surface area (Å²) in [6.45, 7) is 6.50. The summed E-state index contributed by atoms with van der Waals surface area (Å²) in [6.07, 6.45) is 3.66. The minimum atomic E-state index is -0.491. The van der Waals surface area contributed by atoms with Crippen LogP contribution in [0.25, 0.3) is 5.52 Å². The zero-order valence-corrected chi connectivity index (χ0v) is 16.3. The number of nitrogens with one attached hydrogen (secondary N) is 2. The molecule has 2 heterocycles. The average molecular weight is 383 g/mol. The van der Waals surface area contributed by atoms with Crippen LogP contribution >= 0.6 is 0 Å². The molecule has 0 bridgehead atoms. The van der Waals surface area contributed by atoms with Gasteiger partial charge in [-0.1, -0.05) is 0 Å². The number of amides is 1. The molecule has 3 rings (SSSR count). The lowest BCUT2D eigenvalue weighted by Crippen LogP contribution is -2.33. The van der Waals surface area contributed by atoms with Crippen LogP contribution in [0.15, 0.2) is 48.9 Å². The number of rotatable bonds is 7. The normalized spacial score (nSPS) is 11.2. The maximum Gasteiger partial charge on any atom is 0.407 e. The van der Waals surface area contributed by atoms with Crippen molar-refractivity contribution in [3.63, 3.8) is 0 Å². The Morgan fingerprint density at radius 1 is 1.18 bits per heavy atom. The Hall–Kier alpha value is -3.29. The largest absolute Gasteiger partial charge is 0.494 e. The second-order valence-corrected chi connectivity index (χ2v) is 7.23. The van der Waals surface area contributed by atoms with Crippen molar-refractivity contribution < 1.29 is 14.3 Å². The van der Waals surface area contributed by atoms with Gasteiger partial charge in [0, 0.05) is 18.4 Å². The number of benzene rings is 1. The SMILES string of the molecule is CC(C)(C)OC(=O)NCCCOc1ccc(Nc2ncnn3cccc23)cc1. The fraction of sp³-hybridized carbons (Fsp3) is 0.350. The van der Waals surface area contributed by atoms with Gasteiger partial charge in [-0.15, -0.1) is 0 Å². The highest BCUT2D eigenvalue weighted by Gasteiger charge is 2.15. The molecule has 1 aromatic carbocycles. The number of hydrogen-bond acceptors (Lipinski definition) is 6. The molecule has 0 radical (unpaired) electrons. The number of aromatic nitrogens is 3. The van der Waals surface area contributed by atoms with E-state index in [0.29, 0.717) is 19.6 Å². The summed E-state index contributed by atoms with van der Waals surface area (Å²) in [5, 5.41) is 10.1. The second kappa shape index (κ2) is 8.60. The van der Waals surface area contributed by atoms with Crippen molar-refractivity contribution in [2.75, 3.05) is 18.5 Å². The summed E-state index contributed by atoms with van der Waals surface area (Å²) in [7, 11) is 0. The van der Waals surface area contributed by atoms with Crippen LogP contribution in [0.2, 0.25) is 0 Å². The summed E-state index contributed by atoms with van der Waals surface area (Å²) in [5.74, 6) is 1.50. The van der Waals surface area contributed by atoms with Crippen LogP contribution in [0.1, 0.15) is 27.2 Å². The van der Waals surface area contributed by atoms with E-state index in [2.05, 4.69) is 20.7 Å². The van der Waals surface area contributed by atoms with Crippen molar-refractivity contribution in [3.05, 3.63) is 48.9 Å².